The number of thiazole rings is 2. The molecular weight excluding hydrogens is 789 g/mol. The fourth-order valence-electron chi connectivity index (χ4n) is 5.12. The van der Waals surface area contributed by atoms with E-state index in [1.54, 1.807) is 47.0 Å². The molecular formula is C39H45Cl2N3O9S2. The van der Waals surface area contributed by atoms with Gasteiger partial charge in [-0.2, -0.15) is 0 Å². The minimum absolute atomic E-state index is 0.0375. The zero-order valence-electron chi connectivity index (χ0n) is 32.1. The van der Waals surface area contributed by atoms with E-state index in [4.69, 9.17) is 51.6 Å². The molecule has 0 radical (unpaired) electrons. The summed E-state index contributed by atoms with van der Waals surface area (Å²) in [7, 11) is 6.06. The summed E-state index contributed by atoms with van der Waals surface area (Å²) in [6, 6.07) is 8.12. The molecule has 12 nitrogen and oxygen atoms in total. The van der Waals surface area contributed by atoms with Gasteiger partial charge < -0.3 is 33.4 Å². The lowest BCUT2D eigenvalue weighted by Crippen LogP contribution is -2.22. The predicted octanol–water partition coefficient (Wildman–Crippen LogP) is 8.97. The second kappa shape index (κ2) is 20.4. The number of halogens is 2. The fraction of sp³-hybridized carbons (Fsp3) is 0.410. The van der Waals surface area contributed by atoms with Crippen LogP contribution in [0.5, 0.6) is 11.5 Å². The maximum atomic E-state index is 12.7. The van der Waals surface area contributed by atoms with E-state index in [0.717, 1.165) is 15.7 Å². The van der Waals surface area contributed by atoms with E-state index in [1.807, 2.05) is 19.2 Å². The Hall–Kier alpha value is -3.73. The molecule has 0 aliphatic rings. The van der Waals surface area contributed by atoms with Gasteiger partial charge in [-0.15, -0.1) is 22.7 Å². The molecule has 296 valence electrons. The van der Waals surface area contributed by atoms with Gasteiger partial charge in [0.15, 0.2) is 29.6 Å². The Bertz CT molecular complexity index is 2140. The molecule has 0 saturated carbocycles. The average molecular weight is 835 g/mol. The number of aromatic amines is 1. The molecule has 0 saturated heterocycles. The number of ketones is 2. The third-order valence-electron chi connectivity index (χ3n) is 8.23. The Balaban J connectivity index is 0.000000245. The van der Waals surface area contributed by atoms with E-state index < -0.39 is 12.6 Å². The Morgan fingerprint density at radius 3 is 1.85 bits per heavy atom. The van der Waals surface area contributed by atoms with E-state index in [2.05, 4.69) is 28.8 Å². The summed E-state index contributed by atoms with van der Waals surface area (Å²) in [4.78, 5) is 49.6. The highest BCUT2D eigenvalue weighted by atomic mass is 35.5. The van der Waals surface area contributed by atoms with E-state index in [1.165, 1.54) is 46.7 Å². The van der Waals surface area contributed by atoms with Crippen LogP contribution in [0.3, 0.4) is 0 Å². The van der Waals surface area contributed by atoms with Crippen LogP contribution in [0.2, 0.25) is 10.0 Å². The number of benzene rings is 2. The summed E-state index contributed by atoms with van der Waals surface area (Å²) in [6.07, 6.45) is -1.10. The van der Waals surface area contributed by atoms with Crippen LogP contribution in [0.1, 0.15) is 82.9 Å². The van der Waals surface area contributed by atoms with Crippen molar-refractivity contribution in [3.05, 3.63) is 88.2 Å². The van der Waals surface area contributed by atoms with Crippen LogP contribution in [0.15, 0.2) is 45.9 Å². The monoisotopic (exact) mass is 833 g/mol. The first-order valence-corrected chi connectivity index (χ1v) is 19.7. The summed E-state index contributed by atoms with van der Waals surface area (Å²) in [6.45, 7) is 9.93. The second-order valence-electron chi connectivity index (χ2n) is 12.8. The quantitative estimate of drug-likeness (QED) is 0.0707. The van der Waals surface area contributed by atoms with Crippen molar-refractivity contribution in [2.45, 2.75) is 65.5 Å². The van der Waals surface area contributed by atoms with Crippen LogP contribution in [0.4, 0.5) is 0 Å². The Labute approximate surface area is 338 Å². The maximum absolute atomic E-state index is 12.7. The van der Waals surface area contributed by atoms with Gasteiger partial charge >= 0.3 is 0 Å². The molecule has 2 aromatic carbocycles. The smallest absolute Gasteiger partial charge is 0.191 e. The molecule has 0 amide bonds. The number of carbonyl (C=O) groups is 2. The molecule has 0 aliphatic carbocycles. The number of fused-ring (bicyclic) bond motifs is 1. The van der Waals surface area contributed by atoms with Gasteiger partial charge in [-0.05, 0) is 36.8 Å². The molecule has 3 aromatic heterocycles. The number of nitrogens with zero attached hydrogens (tertiary/aromatic N) is 2. The molecule has 55 heavy (non-hydrogen) atoms. The number of hydrogen-bond donors (Lipinski definition) is 1. The number of carbonyl (C=O) groups excluding carboxylic acids is 2. The first-order chi connectivity index (χ1) is 26.2. The summed E-state index contributed by atoms with van der Waals surface area (Å²) >= 11 is 16.0. The van der Waals surface area contributed by atoms with Crippen molar-refractivity contribution in [2.75, 3.05) is 41.7 Å². The summed E-state index contributed by atoms with van der Waals surface area (Å²) in [5.74, 6) is 0.996. The molecule has 5 aromatic rings. The largest absolute Gasteiger partial charge is 0.487 e. The van der Waals surface area contributed by atoms with Crippen molar-refractivity contribution in [1.82, 2.24) is 15.0 Å². The number of hydrogen-bond acceptors (Lipinski definition) is 13. The molecule has 0 aliphatic heterocycles. The van der Waals surface area contributed by atoms with Crippen molar-refractivity contribution in [2.24, 2.45) is 0 Å². The van der Waals surface area contributed by atoms with E-state index in [9.17, 15) is 14.4 Å². The highest BCUT2D eigenvalue weighted by molar-refractivity contribution is 7.10. The number of rotatable bonds is 17. The number of nitrogens with one attached hydrogen (secondary N) is 1. The van der Waals surface area contributed by atoms with E-state index in [0.29, 0.717) is 55.9 Å². The molecule has 0 bridgehead atoms. The fourth-order valence-corrected chi connectivity index (χ4v) is 7.34. The average Bonchev–Trinajstić information content (AvgIpc) is 3.87. The number of pyridine rings is 1. The van der Waals surface area contributed by atoms with E-state index in [-0.39, 0.29) is 47.6 Å². The molecule has 16 heteroatoms. The van der Waals surface area contributed by atoms with Crippen molar-refractivity contribution in [1.29, 1.82) is 0 Å². The molecule has 0 unspecified atom stereocenters. The van der Waals surface area contributed by atoms with Crippen LogP contribution in [-0.2, 0) is 25.4 Å². The lowest BCUT2D eigenvalue weighted by molar-refractivity contribution is -0.122. The standard InChI is InChI=1S/C20H24ClNO5S.C19H21ClN2O4S/c1-11(2)20-22-15(10-28-20)16(24)8-14-13(12(3)23)6-7-17(19(14)21)27-9-18(25-4)26-5;1-10(2)19-22-13(9-27-19)12-7-14(23)11-5-6-15(17(20)18(11)21-12)26-8-16(24-3)25-4/h6-7,10-11,18H,8-9H2,1-5H3;5-7,9-10,16H,8H2,1-4H3,(H,21,23). The van der Waals surface area contributed by atoms with Crippen LogP contribution in [0, 0.1) is 0 Å². The van der Waals surface area contributed by atoms with Crippen LogP contribution in [-0.4, -0.2) is 80.8 Å². The van der Waals surface area contributed by atoms with Crippen LogP contribution in [0.25, 0.3) is 22.3 Å². The molecule has 5 rings (SSSR count). The summed E-state index contributed by atoms with van der Waals surface area (Å²) < 4.78 is 31.8. The van der Waals surface area contributed by atoms with Crippen LogP contribution >= 0.6 is 45.9 Å². The lowest BCUT2D eigenvalue weighted by Gasteiger charge is -2.17. The molecule has 1 N–H and O–H groups in total. The first kappa shape index (κ1) is 44.0. The highest BCUT2D eigenvalue weighted by Gasteiger charge is 2.22. The second-order valence-corrected chi connectivity index (χ2v) is 15.3. The number of ether oxygens (including phenoxy) is 6. The molecule has 0 fully saturated rings. The van der Waals surface area contributed by atoms with Gasteiger partial charge in [0.05, 0.1) is 31.9 Å². The predicted molar refractivity (Wildman–Crippen MR) is 217 cm³/mol. The summed E-state index contributed by atoms with van der Waals surface area (Å²) in [5, 5.41) is 6.63. The maximum Gasteiger partial charge on any atom is 0.191 e. The Morgan fingerprint density at radius 1 is 0.782 bits per heavy atom. The van der Waals surface area contributed by atoms with Gasteiger partial charge in [-0.25, -0.2) is 9.97 Å². The van der Waals surface area contributed by atoms with Gasteiger partial charge in [0.25, 0.3) is 0 Å². The zero-order chi connectivity index (χ0) is 40.4. The van der Waals surface area contributed by atoms with Crippen LogP contribution < -0.4 is 14.9 Å². The van der Waals surface area contributed by atoms with Crippen molar-refractivity contribution in [3.8, 4) is 22.9 Å². The third-order valence-corrected chi connectivity index (χ3v) is 11.3. The Morgan fingerprint density at radius 2 is 1.33 bits per heavy atom. The zero-order valence-corrected chi connectivity index (χ0v) is 35.3. The number of H-pyrrole nitrogens is 1. The highest BCUT2D eigenvalue weighted by Crippen LogP contribution is 2.34. The van der Waals surface area contributed by atoms with Crippen molar-refractivity contribution >= 4 is 68.3 Å². The lowest BCUT2D eigenvalue weighted by atomic mass is 9.98. The van der Waals surface area contributed by atoms with Gasteiger partial charge in [0.2, 0.25) is 0 Å². The van der Waals surface area contributed by atoms with Gasteiger partial charge in [-0.1, -0.05) is 50.9 Å². The number of Topliss-reactive ketones (excluding diaryl/α,β-unsaturated/α-hetero) is 2. The summed E-state index contributed by atoms with van der Waals surface area (Å²) in [5.41, 5.74) is 2.94. The van der Waals surface area contributed by atoms with Crippen molar-refractivity contribution < 1.29 is 38.0 Å². The molecule has 3 heterocycles. The van der Waals surface area contributed by atoms with E-state index >= 15 is 0 Å². The van der Waals surface area contributed by atoms with Gasteiger partial charge in [0, 0.05) is 74.5 Å². The number of methoxy groups -OCH3 is 4. The topological polar surface area (TPSA) is 148 Å². The Kier molecular flexibility index (Phi) is 16.3. The van der Waals surface area contributed by atoms with Gasteiger partial charge in [-0.3, -0.25) is 14.4 Å². The minimum atomic E-state index is -0.557. The minimum Gasteiger partial charge on any atom is -0.487 e. The molecule has 0 spiro atoms. The van der Waals surface area contributed by atoms with Crippen molar-refractivity contribution in [3.63, 3.8) is 0 Å². The normalized spacial score (nSPS) is 11.5. The first-order valence-electron chi connectivity index (χ1n) is 17.2. The number of aromatic nitrogens is 3. The SMILES string of the molecule is COC(COc1ccc(C(C)=O)c(CC(=O)c2csc(C(C)C)n2)c1Cl)OC.COC(COc1ccc2c(=O)cc(-c3csc(C(C)C)n3)[nH]c2c1Cl)OC. The third kappa shape index (κ3) is 11.2. The molecule has 0 atom stereocenters. The van der Waals surface area contributed by atoms with Gasteiger partial charge in [0.1, 0.15) is 35.4 Å².